The maximum atomic E-state index is 11.1. The maximum Gasteiger partial charge on any atom is 0.143 e. The second kappa shape index (κ2) is 8.74. The molecule has 0 spiro atoms. The van der Waals surface area contributed by atoms with Gasteiger partial charge in [0.25, 0.3) is 0 Å². The first-order valence-electron chi connectivity index (χ1n) is 10.4. The van der Waals surface area contributed by atoms with Crippen molar-refractivity contribution in [2.45, 2.75) is 40.3 Å². The molecule has 0 amide bonds. The van der Waals surface area contributed by atoms with Gasteiger partial charge in [-0.1, -0.05) is 41.9 Å². The molecule has 0 aliphatic carbocycles. The molecule has 0 bridgehead atoms. The predicted octanol–water partition coefficient (Wildman–Crippen LogP) is 6.08. The fourth-order valence-corrected chi connectivity index (χ4v) is 3.98. The largest absolute Gasteiger partial charge is 0.492 e. The highest BCUT2D eigenvalue weighted by atomic mass is 35.5. The number of hydrogen-bond acceptors (Lipinski definition) is 3. The van der Waals surface area contributed by atoms with Crippen molar-refractivity contribution in [3.63, 3.8) is 0 Å². The second-order valence-electron chi connectivity index (χ2n) is 8.08. The quantitative estimate of drug-likeness (QED) is 0.399. The van der Waals surface area contributed by atoms with Gasteiger partial charge in [0, 0.05) is 5.02 Å². The topological polar surface area (TPSA) is 47.3 Å². The predicted molar refractivity (Wildman–Crippen MR) is 126 cm³/mol. The monoisotopic (exact) mass is 434 g/mol. The van der Waals surface area contributed by atoms with Crippen LogP contribution in [0.25, 0.3) is 11.0 Å². The lowest BCUT2D eigenvalue weighted by Gasteiger charge is -2.16. The van der Waals surface area contributed by atoms with Gasteiger partial charge in [0.05, 0.1) is 17.6 Å². The molecule has 4 aromatic rings. The van der Waals surface area contributed by atoms with E-state index in [0.717, 1.165) is 38.5 Å². The SMILES string of the molecule is Cc1cc2nc(C(O)c3ccccc3)n(CCOc3cc(C)c(Cl)c(C)c3)c2cc1C. The van der Waals surface area contributed by atoms with Gasteiger partial charge in [-0.3, -0.25) is 0 Å². The number of imidazole rings is 1. The fourth-order valence-electron chi connectivity index (χ4n) is 3.87. The first-order chi connectivity index (χ1) is 14.8. The molecule has 4 nitrogen and oxygen atoms in total. The Kier molecular flexibility index (Phi) is 6.03. The van der Waals surface area contributed by atoms with Crippen molar-refractivity contribution in [2.75, 3.05) is 6.61 Å². The number of aromatic nitrogens is 2. The van der Waals surface area contributed by atoms with Crippen LogP contribution in [0.5, 0.6) is 5.75 Å². The van der Waals surface area contributed by atoms with Crippen molar-refractivity contribution in [2.24, 2.45) is 0 Å². The molecule has 0 saturated heterocycles. The minimum Gasteiger partial charge on any atom is -0.492 e. The molecular formula is C26H27ClN2O2. The van der Waals surface area contributed by atoms with Crippen LogP contribution in [0.1, 0.15) is 39.7 Å². The minimum absolute atomic E-state index is 0.452. The Balaban J connectivity index is 1.67. The molecular weight excluding hydrogens is 408 g/mol. The summed E-state index contributed by atoms with van der Waals surface area (Å²) in [7, 11) is 0. The summed E-state index contributed by atoms with van der Waals surface area (Å²) in [5.41, 5.74) is 7.07. The third-order valence-electron chi connectivity index (χ3n) is 5.75. The van der Waals surface area contributed by atoms with Crippen LogP contribution < -0.4 is 4.74 Å². The molecule has 0 aliphatic rings. The molecule has 0 fully saturated rings. The Morgan fingerprint density at radius 1 is 0.935 bits per heavy atom. The van der Waals surface area contributed by atoms with E-state index in [1.807, 2.05) is 56.3 Å². The van der Waals surface area contributed by atoms with E-state index in [9.17, 15) is 5.11 Å². The molecule has 0 radical (unpaired) electrons. The Bertz CT molecular complexity index is 1210. The molecule has 1 N–H and O–H groups in total. The third kappa shape index (κ3) is 4.32. The number of nitrogens with zero attached hydrogens (tertiary/aromatic N) is 2. The Hall–Kier alpha value is -2.82. The number of aliphatic hydroxyl groups excluding tert-OH is 1. The average molecular weight is 435 g/mol. The van der Waals surface area contributed by atoms with Crippen molar-refractivity contribution < 1.29 is 9.84 Å². The van der Waals surface area contributed by atoms with Gasteiger partial charge in [-0.25, -0.2) is 4.98 Å². The van der Waals surface area contributed by atoms with Crippen LogP contribution in [0.2, 0.25) is 5.02 Å². The van der Waals surface area contributed by atoms with E-state index in [1.54, 1.807) is 0 Å². The molecule has 1 atom stereocenters. The molecule has 1 heterocycles. The van der Waals surface area contributed by atoms with Gasteiger partial charge < -0.3 is 14.4 Å². The van der Waals surface area contributed by atoms with Gasteiger partial charge in [0.15, 0.2) is 0 Å². The van der Waals surface area contributed by atoms with Crippen LogP contribution in [0, 0.1) is 27.7 Å². The summed E-state index contributed by atoms with van der Waals surface area (Å²) in [5.74, 6) is 1.42. The van der Waals surface area contributed by atoms with Crippen LogP contribution >= 0.6 is 11.6 Å². The Morgan fingerprint density at radius 3 is 2.26 bits per heavy atom. The van der Waals surface area contributed by atoms with Gasteiger partial charge in [0.1, 0.15) is 24.3 Å². The van der Waals surface area contributed by atoms with Crippen LogP contribution in [-0.4, -0.2) is 21.3 Å². The highest BCUT2D eigenvalue weighted by molar-refractivity contribution is 6.32. The van der Waals surface area contributed by atoms with E-state index in [1.165, 1.54) is 11.1 Å². The number of ether oxygens (including phenoxy) is 1. The van der Waals surface area contributed by atoms with Crippen LogP contribution in [-0.2, 0) is 6.54 Å². The number of aliphatic hydroxyl groups is 1. The highest BCUT2D eigenvalue weighted by Gasteiger charge is 2.20. The average Bonchev–Trinajstić information content (AvgIpc) is 3.09. The zero-order valence-corrected chi connectivity index (χ0v) is 19.1. The lowest BCUT2D eigenvalue weighted by atomic mass is 10.1. The standard InChI is InChI=1S/C26H27ClN2O2/c1-16-14-22-23(15-17(16)2)29(26(28-22)25(30)20-8-6-5-7-9-20)10-11-31-21-12-18(3)24(27)19(4)13-21/h5-9,12-15,25,30H,10-11H2,1-4H3. The van der Waals surface area contributed by atoms with Crippen LogP contribution in [0.4, 0.5) is 0 Å². The van der Waals surface area contributed by atoms with E-state index in [0.29, 0.717) is 19.0 Å². The lowest BCUT2D eigenvalue weighted by molar-refractivity contribution is 0.201. The fraction of sp³-hybridized carbons (Fsp3) is 0.269. The highest BCUT2D eigenvalue weighted by Crippen LogP contribution is 2.29. The second-order valence-corrected chi connectivity index (χ2v) is 8.46. The molecule has 0 saturated carbocycles. The number of fused-ring (bicyclic) bond motifs is 1. The Labute approximate surface area is 188 Å². The molecule has 31 heavy (non-hydrogen) atoms. The number of benzene rings is 3. The summed E-state index contributed by atoms with van der Waals surface area (Å²) in [5, 5.41) is 11.9. The first kappa shape index (κ1) is 21.4. The summed E-state index contributed by atoms with van der Waals surface area (Å²) in [6.07, 6.45) is -0.811. The number of aryl methyl sites for hydroxylation is 4. The molecule has 4 rings (SSSR count). The zero-order chi connectivity index (χ0) is 22.1. The summed E-state index contributed by atoms with van der Waals surface area (Å²) in [6.45, 7) is 9.15. The molecule has 1 aromatic heterocycles. The molecule has 160 valence electrons. The lowest BCUT2D eigenvalue weighted by Crippen LogP contribution is -2.14. The molecule has 0 aliphatic heterocycles. The summed E-state index contributed by atoms with van der Waals surface area (Å²) in [6, 6.07) is 17.7. The Morgan fingerprint density at radius 2 is 1.58 bits per heavy atom. The summed E-state index contributed by atoms with van der Waals surface area (Å²) < 4.78 is 8.11. The third-order valence-corrected chi connectivity index (χ3v) is 6.34. The van der Waals surface area contributed by atoms with E-state index in [4.69, 9.17) is 21.3 Å². The van der Waals surface area contributed by atoms with Gasteiger partial charge in [-0.2, -0.15) is 0 Å². The number of rotatable bonds is 6. The van der Waals surface area contributed by atoms with Crippen molar-refractivity contribution in [3.05, 3.63) is 93.3 Å². The van der Waals surface area contributed by atoms with Gasteiger partial charge in [-0.15, -0.1) is 0 Å². The van der Waals surface area contributed by atoms with Crippen molar-refractivity contribution >= 4 is 22.6 Å². The van der Waals surface area contributed by atoms with Crippen LogP contribution in [0.15, 0.2) is 54.6 Å². The van der Waals surface area contributed by atoms with E-state index in [-0.39, 0.29) is 0 Å². The maximum absolute atomic E-state index is 11.1. The minimum atomic E-state index is -0.811. The van der Waals surface area contributed by atoms with Crippen LogP contribution in [0.3, 0.4) is 0 Å². The van der Waals surface area contributed by atoms with Gasteiger partial charge in [-0.05, 0) is 79.8 Å². The van der Waals surface area contributed by atoms with E-state index >= 15 is 0 Å². The number of halogens is 1. The molecule has 5 heteroatoms. The zero-order valence-electron chi connectivity index (χ0n) is 18.3. The van der Waals surface area contributed by atoms with E-state index in [2.05, 4.69) is 30.5 Å². The van der Waals surface area contributed by atoms with Crippen molar-refractivity contribution in [1.29, 1.82) is 0 Å². The number of hydrogen-bond donors (Lipinski definition) is 1. The normalized spacial score (nSPS) is 12.3. The van der Waals surface area contributed by atoms with Gasteiger partial charge >= 0.3 is 0 Å². The van der Waals surface area contributed by atoms with Crippen molar-refractivity contribution in [1.82, 2.24) is 9.55 Å². The summed E-state index contributed by atoms with van der Waals surface area (Å²) in [4.78, 5) is 4.80. The molecule has 1 unspecified atom stereocenters. The van der Waals surface area contributed by atoms with E-state index < -0.39 is 6.10 Å². The molecule has 3 aromatic carbocycles. The smallest absolute Gasteiger partial charge is 0.143 e. The van der Waals surface area contributed by atoms with Gasteiger partial charge in [0.2, 0.25) is 0 Å². The summed E-state index contributed by atoms with van der Waals surface area (Å²) >= 11 is 6.28. The van der Waals surface area contributed by atoms with Crippen molar-refractivity contribution in [3.8, 4) is 5.75 Å². The first-order valence-corrected chi connectivity index (χ1v) is 10.8.